The van der Waals surface area contributed by atoms with E-state index in [-0.39, 0.29) is 0 Å². The highest BCUT2D eigenvalue weighted by molar-refractivity contribution is 7.80. The van der Waals surface area contributed by atoms with E-state index in [1.54, 1.807) is 0 Å². The fraction of sp³-hybridized carbons (Fsp3) is 0.909. The molecule has 1 N–H and O–H groups in total. The summed E-state index contributed by atoms with van der Waals surface area (Å²) in [4.78, 5) is 4.99. The van der Waals surface area contributed by atoms with Crippen LogP contribution in [-0.2, 0) is 0 Å². The molecule has 0 bridgehead atoms. The van der Waals surface area contributed by atoms with E-state index in [0.29, 0.717) is 0 Å². The van der Waals surface area contributed by atoms with Gasteiger partial charge in [-0.3, -0.25) is 4.90 Å². The van der Waals surface area contributed by atoms with Crippen LogP contribution in [0, 0.1) is 0 Å². The van der Waals surface area contributed by atoms with Crippen LogP contribution < -0.4 is 5.32 Å². The van der Waals surface area contributed by atoms with Crippen LogP contribution in [0.2, 0.25) is 0 Å². The van der Waals surface area contributed by atoms with Crippen LogP contribution in [0.25, 0.3) is 0 Å². The van der Waals surface area contributed by atoms with Crippen LogP contribution in [0.1, 0.15) is 26.2 Å². The first-order chi connectivity index (χ1) is 7.31. The van der Waals surface area contributed by atoms with Gasteiger partial charge in [0, 0.05) is 32.2 Å². The molecule has 2 rings (SSSR count). The molecule has 2 aliphatic heterocycles. The molecular formula is C11H21N3S. The number of fused-ring (bicyclic) bond motifs is 1. The van der Waals surface area contributed by atoms with Crippen molar-refractivity contribution in [2.45, 2.75) is 32.2 Å². The summed E-state index contributed by atoms with van der Waals surface area (Å²) in [7, 11) is 0. The summed E-state index contributed by atoms with van der Waals surface area (Å²) in [6, 6.07) is 0.754. The summed E-state index contributed by atoms with van der Waals surface area (Å²) >= 11 is 5.39. The average molecular weight is 227 g/mol. The molecule has 2 heterocycles. The fourth-order valence-corrected chi connectivity index (χ4v) is 2.96. The van der Waals surface area contributed by atoms with E-state index < -0.39 is 0 Å². The van der Waals surface area contributed by atoms with Crippen molar-refractivity contribution < 1.29 is 0 Å². The van der Waals surface area contributed by atoms with Crippen LogP contribution >= 0.6 is 12.2 Å². The van der Waals surface area contributed by atoms with Gasteiger partial charge in [-0.25, -0.2) is 0 Å². The van der Waals surface area contributed by atoms with Gasteiger partial charge in [0.05, 0.1) is 0 Å². The highest BCUT2D eigenvalue weighted by atomic mass is 32.1. The SMILES string of the molecule is CCNC(=S)N1CCCN2CCCC2C1. The highest BCUT2D eigenvalue weighted by Crippen LogP contribution is 2.21. The van der Waals surface area contributed by atoms with Gasteiger partial charge < -0.3 is 10.2 Å². The minimum Gasteiger partial charge on any atom is -0.363 e. The monoisotopic (exact) mass is 227 g/mol. The van der Waals surface area contributed by atoms with Crippen molar-refractivity contribution in [3.05, 3.63) is 0 Å². The van der Waals surface area contributed by atoms with Crippen LogP contribution in [-0.4, -0.2) is 53.7 Å². The summed E-state index contributed by atoms with van der Waals surface area (Å²) in [6.45, 7) is 7.85. The molecule has 86 valence electrons. The molecule has 3 nitrogen and oxygen atoms in total. The van der Waals surface area contributed by atoms with Crippen LogP contribution in [0.4, 0.5) is 0 Å². The smallest absolute Gasteiger partial charge is 0.168 e. The molecule has 2 fully saturated rings. The first-order valence-electron chi connectivity index (χ1n) is 6.08. The number of hydrogen-bond acceptors (Lipinski definition) is 2. The van der Waals surface area contributed by atoms with Crippen LogP contribution in [0.5, 0.6) is 0 Å². The topological polar surface area (TPSA) is 18.5 Å². The zero-order valence-electron chi connectivity index (χ0n) is 9.54. The van der Waals surface area contributed by atoms with Gasteiger partial charge in [0.25, 0.3) is 0 Å². The Balaban J connectivity index is 1.93. The largest absolute Gasteiger partial charge is 0.363 e. The van der Waals surface area contributed by atoms with E-state index in [0.717, 1.165) is 30.8 Å². The second-order valence-electron chi connectivity index (χ2n) is 4.47. The van der Waals surface area contributed by atoms with E-state index in [1.165, 1.54) is 32.4 Å². The van der Waals surface area contributed by atoms with Crippen molar-refractivity contribution in [2.75, 3.05) is 32.7 Å². The second-order valence-corrected chi connectivity index (χ2v) is 4.85. The van der Waals surface area contributed by atoms with Gasteiger partial charge in [0.15, 0.2) is 5.11 Å². The lowest BCUT2D eigenvalue weighted by Gasteiger charge is -2.27. The molecule has 0 aliphatic carbocycles. The third-order valence-corrected chi connectivity index (χ3v) is 3.82. The quantitative estimate of drug-likeness (QED) is 0.675. The Hall–Kier alpha value is -0.350. The molecule has 0 spiro atoms. The Morgan fingerprint density at radius 3 is 2.93 bits per heavy atom. The minimum atomic E-state index is 0.754. The van der Waals surface area contributed by atoms with Gasteiger partial charge in [-0.1, -0.05) is 0 Å². The Labute approximate surface area is 97.8 Å². The minimum absolute atomic E-state index is 0.754. The van der Waals surface area contributed by atoms with E-state index in [1.807, 2.05) is 0 Å². The molecule has 1 unspecified atom stereocenters. The van der Waals surface area contributed by atoms with Crippen LogP contribution in [0.3, 0.4) is 0 Å². The van der Waals surface area contributed by atoms with Crippen molar-refractivity contribution >= 4 is 17.3 Å². The molecule has 0 radical (unpaired) electrons. The maximum absolute atomic E-state index is 5.39. The van der Waals surface area contributed by atoms with Crippen molar-refractivity contribution in [2.24, 2.45) is 0 Å². The third-order valence-electron chi connectivity index (χ3n) is 3.42. The molecule has 1 atom stereocenters. The average Bonchev–Trinajstić information content (AvgIpc) is 2.56. The van der Waals surface area contributed by atoms with Gasteiger partial charge in [-0.15, -0.1) is 0 Å². The van der Waals surface area contributed by atoms with Gasteiger partial charge in [0.2, 0.25) is 0 Å². The zero-order valence-corrected chi connectivity index (χ0v) is 10.4. The molecule has 0 amide bonds. The van der Waals surface area contributed by atoms with Gasteiger partial charge in [0.1, 0.15) is 0 Å². The van der Waals surface area contributed by atoms with Crippen molar-refractivity contribution in [1.82, 2.24) is 15.1 Å². The van der Waals surface area contributed by atoms with Crippen molar-refractivity contribution in [3.63, 3.8) is 0 Å². The van der Waals surface area contributed by atoms with E-state index in [2.05, 4.69) is 22.0 Å². The standard InChI is InChI=1S/C11H21N3S/c1-2-12-11(15)14-8-4-7-13-6-3-5-10(13)9-14/h10H,2-9H2,1H3,(H,12,15). The predicted octanol–water partition coefficient (Wildman–Crippen LogP) is 1.05. The maximum Gasteiger partial charge on any atom is 0.168 e. The predicted molar refractivity (Wildman–Crippen MR) is 67.1 cm³/mol. The number of hydrogen-bond donors (Lipinski definition) is 1. The third kappa shape index (κ3) is 2.61. The van der Waals surface area contributed by atoms with E-state index in [4.69, 9.17) is 12.2 Å². The molecule has 15 heavy (non-hydrogen) atoms. The normalized spacial score (nSPS) is 27.3. The molecule has 0 aromatic heterocycles. The molecule has 0 aromatic carbocycles. The fourth-order valence-electron chi connectivity index (χ4n) is 2.65. The summed E-state index contributed by atoms with van der Waals surface area (Å²) in [5.41, 5.74) is 0. The van der Waals surface area contributed by atoms with E-state index >= 15 is 0 Å². The van der Waals surface area contributed by atoms with Crippen molar-refractivity contribution in [3.8, 4) is 0 Å². The zero-order chi connectivity index (χ0) is 10.7. The summed E-state index contributed by atoms with van der Waals surface area (Å²) in [6.07, 6.45) is 3.97. The Kier molecular flexibility index (Phi) is 3.81. The molecule has 2 aliphatic rings. The lowest BCUT2D eigenvalue weighted by atomic mass is 10.2. The maximum atomic E-state index is 5.39. The van der Waals surface area contributed by atoms with E-state index in [9.17, 15) is 0 Å². The lowest BCUT2D eigenvalue weighted by Crippen LogP contribution is -2.44. The molecule has 0 aromatic rings. The van der Waals surface area contributed by atoms with Gasteiger partial charge in [-0.05, 0) is 44.9 Å². The molecule has 0 saturated carbocycles. The summed E-state index contributed by atoms with van der Waals surface area (Å²) in [5.74, 6) is 0. The molecule has 2 saturated heterocycles. The molecule has 4 heteroatoms. The summed E-state index contributed by atoms with van der Waals surface area (Å²) in [5, 5.41) is 4.21. The number of nitrogens with zero attached hydrogens (tertiary/aromatic N) is 2. The Morgan fingerprint density at radius 2 is 2.13 bits per heavy atom. The second kappa shape index (κ2) is 5.12. The van der Waals surface area contributed by atoms with Crippen molar-refractivity contribution in [1.29, 1.82) is 0 Å². The highest BCUT2D eigenvalue weighted by Gasteiger charge is 2.29. The number of nitrogens with one attached hydrogen (secondary N) is 1. The molecular weight excluding hydrogens is 206 g/mol. The number of rotatable bonds is 1. The Bertz CT molecular complexity index is 232. The Morgan fingerprint density at radius 1 is 1.33 bits per heavy atom. The van der Waals surface area contributed by atoms with Crippen LogP contribution in [0.15, 0.2) is 0 Å². The first kappa shape index (κ1) is 11.1. The van der Waals surface area contributed by atoms with Gasteiger partial charge >= 0.3 is 0 Å². The summed E-state index contributed by atoms with van der Waals surface area (Å²) < 4.78 is 0. The van der Waals surface area contributed by atoms with Gasteiger partial charge in [-0.2, -0.15) is 0 Å². The first-order valence-corrected chi connectivity index (χ1v) is 6.49. The lowest BCUT2D eigenvalue weighted by molar-refractivity contribution is 0.255. The number of thiocarbonyl (C=S) groups is 1.